The number of carbonyl (C=O) groups is 1. The molecule has 0 aliphatic carbocycles. The number of hydrazine groups is 1. The molecule has 3 N–H and O–H groups in total. The molecule has 0 atom stereocenters. The van der Waals surface area contributed by atoms with E-state index in [1.165, 1.54) is 6.07 Å². The van der Waals surface area contributed by atoms with Crippen molar-refractivity contribution in [2.75, 3.05) is 0 Å². The van der Waals surface area contributed by atoms with Gasteiger partial charge in [0.25, 0.3) is 11.5 Å². The van der Waals surface area contributed by atoms with Crippen LogP contribution in [0.1, 0.15) is 27.4 Å². The van der Waals surface area contributed by atoms with Gasteiger partial charge < -0.3 is 0 Å². The van der Waals surface area contributed by atoms with Crippen molar-refractivity contribution in [1.82, 2.24) is 15.0 Å². The van der Waals surface area contributed by atoms with Gasteiger partial charge >= 0.3 is 0 Å². The second-order valence-corrected chi connectivity index (χ2v) is 5.50. The van der Waals surface area contributed by atoms with E-state index in [4.69, 9.17) is 5.84 Å². The lowest BCUT2D eigenvalue weighted by Gasteiger charge is -2.12. The third-order valence-electron chi connectivity index (χ3n) is 3.10. The number of halogens is 1. The van der Waals surface area contributed by atoms with Gasteiger partial charge in [0.05, 0.1) is 6.54 Å². The fourth-order valence-electron chi connectivity index (χ4n) is 2.03. The van der Waals surface area contributed by atoms with Crippen LogP contribution in [0.3, 0.4) is 0 Å². The first-order valence-corrected chi connectivity index (χ1v) is 7.06. The summed E-state index contributed by atoms with van der Waals surface area (Å²) in [7, 11) is 0. The molecule has 1 aromatic heterocycles. The van der Waals surface area contributed by atoms with Crippen molar-refractivity contribution in [3.63, 3.8) is 0 Å². The van der Waals surface area contributed by atoms with Gasteiger partial charge in [-0.1, -0.05) is 22.0 Å². The lowest BCUT2D eigenvalue weighted by Crippen LogP contribution is -2.30. The number of nitrogens with two attached hydrogens (primary N) is 1. The molecule has 0 radical (unpaired) electrons. The smallest absolute Gasteiger partial charge is 0.265 e. The summed E-state index contributed by atoms with van der Waals surface area (Å²) in [5.74, 6) is 5.38. The fourth-order valence-corrected chi connectivity index (χ4v) is 2.53. The third-order valence-corrected chi connectivity index (χ3v) is 3.84. The minimum Gasteiger partial charge on any atom is -0.292 e. The van der Waals surface area contributed by atoms with Crippen LogP contribution in [0.15, 0.2) is 33.5 Å². The molecule has 0 saturated heterocycles. The Bertz CT molecular complexity index is 755. The Labute approximate surface area is 130 Å². The summed E-state index contributed by atoms with van der Waals surface area (Å²) in [6.45, 7) is 3.95. The highest BCUT2D eigenvalue weighted by molar-refractivity contribution is 9.10. The Hall–Kier alpha value is -1.99. The van der Waals surface area contributed by atoms with Gasteiger partial charge in [0.2, 0.25) is 0 Å². The number of nitrogens with zero attached hydrogens (tertiary/aromatic N) is 2. The first-order valence-electron chi connectivity index (χ1n) is 6.27. The Morgan fingerprint density at radius 1 is 1.38 bits per heavy atom. The second kappa shape index (κ2) is 6.19. The molecule has 2 aromatic rings. The largest absolute Gasteiger partial charge is 0.292 e. The topological polar surface area (TPSA) is 90.0 Å². The van der Waals surface area contributed by atoms with Crippen molar-refractivity contribution >= 4 is 21.8 Å². The summed E-state index contributed by atoms with van der Waals surface area (Å²) in [4.78, 5) is 27.8. The first kappa shape index (κ1) is 15.4. The maximum absolute atomic E-state index is 12.0. The minimum atomic E-state index is -0.368. The molecule has 0 aliphatic rings. The van der Waals surface area contributed by atoms with Crippen molar-refractivity contribution in [2.45, 2.75) is 20.4 Å². The zero-order valence-corrected chi connectivity index (χ0v) is 13.3. The Kier molecular flexibility index (Phi) is 4.54. The van der Waals surface area contributed by atoms with Gasteiger partial charge in [0.15, 0.2) is 0 Å². The molecule has 0 unspecified atom stereocenters. The zero-order chi connectivity index (χ0) is 15.6. The zero-order valence-electron chi connectivity index (χ0n) is 11.7. The summed E-state index contributed by atoms with van der Waals surface area (Å²) >= 11 is 3.41. The van der Waals surface area contributed by atoms with Crippen LogP contribution in [0.5, 0.6) is 0 Å². The maximum Gasteiger partial charge on any atom is 0.265 e. The lowest BCUT2D eigenvalue weighted by molar-refractivity contribution is 0.0953. The van der Waals surface area contributed by atoms with E-state index in [9.17, 15) is 9.59 Å². The molecule has 0 spiro atoms. The first-order chi connectivity index (χ1) is 9.92. The molecular formula is C14H15BrN4O2. The number of aryl methyl sites for hydroxylation is 2. The molecule has 1 heterocycles. The molecule has 0 bridgehead atoms. The summed E-state index contributed by atoms with van der Waals surface area (Å²) in [5, 5.41) is 0. The molecule has 21 heavy (non-hydrogen) atoms. The highest BCUT2D eigenvalue weighted by Gasteiger charge is 2.10. The second-order valence-electron chi connectivity index (χ2n) is 4.65. The van der Waals surface area contributed by atoms with E-state index in [0.29, 0.717) is 23.6 Å². The molecule has 0 saturated carbocycles. The number of nitrogens with one attached hydrogen (secondary N) is 1. The average Bonchev–Trinajstić information content (AvgIpc) is 2.43. The predicted octanol–water partition coefficient (Wildman–Crippen LogP) is 1.27. The van der Waals surface area contributed by atoms with Crippen LogP contribution in [0.4, 0.5) is 0 Å². The molecule has 2 rings (SSSR count). The van der Waals surface area contributed by atoms with Crippen LogP contribution < -0.4 is 16.8 Å². The summed E-state index contributed by atoms with van der Waals surface area (Å²) in [5.41, 5.74) is 3.99. The van der Waals surface area contributed by atoms with Crippen LogP contribution in [0, 0.1) is 13.8 Å². The standard InChI is InChI=1S/C14H15BrN4O2/c1-8-5-13(20)19(9(2)17-8)7-11-4-3-10(6-12(11)15)14(21)18-16/h3-6H,7,16H2,1-2H3,(H,18,21). The molecule has 0 fully saturated rings. The van der Waals surface area contributed by atoms with Gasteiger partial charge in [-0.15, -0.1) is 0 Å². The van der Waals surface area contributed by atoms with E-state index < -0.39 is 0 Å². The number of nitrogen functional groups attached to an aromatic ring is 1. The van der Waals surface area contributed by atoms with Gasteiger partial charge in [0, 0.05) is 21.8 Å². The van der Waals surface area contributed by atoms with E-state index in [-0.39, 0.29) is 11.5 Å². The van der Waals surface area contributed by atoms with Gasteiger partial charge in [-0.05, 0) is 31.5 Å². The Morgan fingerprint density at radius 3 is 2.67 bits per heavy atom. The van der Waals surface area contributed by atoms with Crippen LogP contribution in [0.2, 0.25) is 0 Å². The number of benzene rings is 1. The van der Waals surface area contributed by atoms with E-state index in [1.54, 1.807) is 36.6 Å². The minimum absolute atomic E-state index is 0.101. The number of hydrogen-bond donors (Lipinski definition) is 2. The van der Waals surface area contributed by atoms with Crippen molar-refractivity contribution in [1.29, 1.82) is 0 Å². The lowest BCUT2D eigenvalue weighted by atomic mass is 10.1. The third kappa shape index (κ3) is 3.37. The van der Waals surface area contributed by atoms with Crippen molar-refractivity contribution < 1.29 is 4.79 Å². The number of amides is 1. The van der Waals surface area contributed by atoms with Crippen LogP contribution in [-0.2, 0) is 6.54 Å². The molecule has 110 valence electrons. The summed E-state index contributed by atoms with van der Waals surface area (Å²) in [6, 6.07) is 6.60. The average molecular weight is 351 g/mol. The van der Waals surface area contributed by atoms with E-state index in [1.807, 2.05) is 0 Å². The quantitative estimate of drug-likeness (QED) is 0.495. The van der Waals surface area contributed by atoms with Crippen LogP contribution in [0.25, 0.3) is 0 Å². The van der Waals surface area contributed by atoms with Crippen LogP contribution in [-0.4, -0.2) is 15.5 Å². The summed E-state index contributed by atoms with van der Waals surface area (Å²) < 4.78 is 2.31. The number of rotatable bonds is 3. The highest BCUT2D eigenvalue weighted by atomic mass is 79.9. The van der Waals surface area contributed by atoms with E-state index in [0.717, 1.165) is 10.0 Å². The highest BCUT2D eigenvalue weighted by Crippen LogP contribution is 2.19. The SMILES string of the molecule is Cc1cc(=O)n(Cc2ccc(C(=O)NN)cc2Br)c(C)n1. The van der Waals surface area contributed by atoms with Gasteiger partial charge in [-0.2, -0.15) is 0 Å². The molecule has 1 amide bonds. The van der Waals surface area contributed by atoms with Crippen molar-refractivity contribution in [3.05, 3.63) is 61.7 Å². The molecule has 7 heteroatoms. The van der Waals surface area contributed by atoms with Crippen molar-refractivity contribution in [3.8, 4) is 0 Å². The van der Waals surface area contributed by atoms with Gasteiger partial charge in [0.1, 0.15) is 5.82 Å². The molecule has 6 nitrogen and oxygen atoms in total. The number of hydrogen-bond acceptors (Lipinski definition) is 4. The molecule has 1 aromatic carbocycles. The van der Waals surface area contributed by atoms with Crippen LogP contribution >= 0.6 is 15.9 Å². The maximum atomic E-state index is 12.0. The van der Waals surface area contributed by atoms with Gasteiger partial charge in [-0.3, -0.25) is 19.6 Å². The monoisotopic (exact) mass is 350 g/mol. The summed E-state index contributed by atoms with van der Waals surface area (Å²) in [6.07, 6.45) is 0. The fraction of sp³-hybridized carbons (Fsp3) is 0.214. The Balaban J connectivity index is 2.37. The number of carbonyl (C=O) groups excluding carboxylic acids is 1. The van der Waals surface area contributed by atoms with Crippen molar-refractivity contribution in [2.24, 2.45) is 5.84 Å². The Morgan fingerprint density at radius 2 is 2.10 bits per heavy atom. The predicted molar refractivity (Wildman–Crippen MR) is 82.9 cm³/mol. The van der Waals surface area contributed by atoms with Gasteiger partial charge in [-0.25, -0.2) is 10.8 Å². The van der Waals surface area contributed by atoms with E-state index >= 15 is 0 Å². The molecular weight excluding hydrogens is 336 g/mol. The normalized spacial score (nSPS) is 10.5. The number of aromatic nitrogens is 2. The van der Waals surface area contributed by atoms with E-state index in [2.05, 4.69) is 26.3 Å². The molecule has 0 aliphatic heterocycles.